The number of carbonyl (C=O) groups excluding carboxylic acids is 3. The number of alkyl halides is 1. The second-order valence-corrected chi connectivity index (χ2v) is 4.41. The number of ether oxygens (including phenoxy) is 4. The minimum atomic E-state index is -1.98. The van der Waals surface area contributed by atoms with Crippen LogP contribution in [-0.4, -0.2) is 48.7 Å². The zero-order chi connectivity index (χ0) is 15.4. The van der Waals surface area contributed by atoms with Crippen LogP contribution in [0.2, 0.25) is 0 Å². The first-order chi connectivity index (χ1) is 9.22. The Labute approximate surface area is 115 Å². The topological polar surface area (TPSA) is 88.1 Å². The van der Waals surface area contributed by atoms with Gasteiger partial charge < -0.3 is 18.9 Å². The van der Waals surface area contributed by atoms with E-state index >= 15 is 0 Å². The average Bonchev–Trinajstić information content (AvgIpc) is 2.27. The highest BCUT2D eigenvalue weighted by Crippen LogP contribution is 2.29. The third kappa shape index (κ3) is 4.16. The van der Waals surface area contributed by atoms with E-state index in [4.69, 9.17) is 18.9 Å². The SMILES string of the molecule is CC(=O)O[C@@H]1[C@@H](OC(C)=O)[C@H](C)O[C@@H](F)[C@@H]1OC(C)=O. The summed E-state index contributed by atoms with van der Waals surface area (Å²) >= 11 is 0. The maximum atomic E-state index is 13.8. The fourth-order valence-corrected chi connectivity index (χ4v) is 1.96. The predicted molar refractivity (Wildman–Crippen MR) is 62.1 cm³/mol. The number of hydrogen-bond acceptors (Lipinski definition) is 7. The van der Waals surface area contributed by atoms with Crippen molar-refractivity contribution in [3.63, 3.8) is 0 Å². The Bertz CT molecular complexity index is 369. The second-order valence-electron chi connectivity index (χ2n) is 4.41. The van der Waals surface area contributed by atoms with Crippen LogP contribution in [0.25, 0.3) is 0 Å². The summed E-state index contributed by atoms with van der Waals surface area (Å²) in [5, 5.41) is 0. The van der Waals surface area contributed by atoms with Gasteiger partial charge in [-0.1, -0.05) is 0 Å². The Morgan fingerprint density at radius 1 is 0.850 bits per heavy atom. The van der Waals surface area contributed by atoms with E-state index in [1.54, 1.807) is 0 Å². The summed E-state index contributed by atoms with van der Waals surface area (Å²) in [7, 11) is 0. The van der Waals surface area contributed by atoms with Crippen LogP contribution in [0.5, 0.6) is 0 Å². The van der Waals surface area contributed by atoms with E-state index in [2.05, 4.69) is 0 Å². The van der Waals surface area contributed by atoms with Gasteiger partial charge in [0.25, 0.3) is 0 Å². The minimum absolute atomic E-state index is 0.651. The van der Waals surface area contributed by atoms with E-state index in [1.807, 2.05) is 0 Å². The van der Waals surface area contributed by atoms with Crippen molar-refractivity contribution in [3.8, 4) is 0 Å². The van der Waals surface area contributed by atoms with Crippen molar-refractivity contribution in [1.82, 2.24) is 0 Å². The van der Waals surface area contributed by atoms with Gasteiger partial charge in [-0.15, -0.1) is 0 Å². The summed E-state index contributed by atoms with van der Waals surface area (Å²) < 4.78 is 33.4. The van der Waals surface area contributed by atoms with Crippen molar-refractivity contribution < 1.29 is 37.7 Å². The fourth-order valence-electron chi connectivity index (χ4n) is 1.96. The fraction of sp³-hybridized carbons (Fsp3) is 0.750. The normalized spacial score (nSPS) is 33.1. The summed E-state index contributed by atoms with van der Waals surface area (Å²) in [6, 6.07) is 0. The Hall–Kier alpha value is -1.70. The predicted octanol–water partition coefficient (Wildman–Crippen LogP) is 0.496. The molecule has 1 saturated heterocycles. The number of hydrogen-bond donors (Lipinski definition) is 0. The van der Waals surface area contributed by atoms with E-state index in [0.717, 1.165) is 20.8 Å². The third-order valence-corrected chi connectivity index (χ3v) is 2.62. The van der Waals surface area contributed by atoms with Crippen molar-refractivity contribution in [2.75, 3.05) is 0 Å². The van der Waals surface area contributed by atoms with Crippen LogP contribution < -0.4 is 0 Å². The quantitative estimate of drug-likeness (QED) is 0.552. The maximum Gasteiger partial charge on any atom is 0.303 e. The molecule has 1 fully saturated rings. The van der Waals surface area contributed by atoms with E-state index in [0.29, 0.717) is 0 Å². The van der Waals surface area contributed by atoms with Crippen molar-refractivity contribution in [2.45, 2.75) is 58.5 Å². The molecule has 0 N–H and O–H groups in total. The summed E-state index contributed by atoms with van der Waals surface area (Å²) in [5.74, 6) is -2.14. The zero-order valence-corrected chi connectivity index (χ0v) is 11.6. The molecule has 0 bridgehead atoms. The average molecular weight is 292 g/mol. The lowest BCUT2D eigenvalue weighted by Gasteiger charge is -2.40. The first-order valence-electron chi connectivity index (χ1n) is 6.03. The molecule has 0 aromatic heterocycles. The molecule has 0 saturated carbocycles. The molecule has 0 amide bonds. The molecule has 7 nitrogen and oxygen atoms in total. The Kier molecular flexibility index (Phi) is 5.43. The summed E-state index contributed by atoms with van der Waals surface area (Å²) in [6.45, 7) is 4.81. The summed E-state index contributed by atoms with van der Waals surface area (Å²) in [6.07, 6.45) is -6.65. The van der Waals surface area contributed by atoms with Gasteiger partial charge in [0.05, 0.1) is 6.10 Å². The highest BCUT2D eigenvalue weighted by molar-refractivity contribution is 5.68. The molecule has 20 heavy (non-hydrogen) atoms. The van der Waals surface area contributed by atoms with Crippen molar-refractivity contribution >= 4 is 17.9 Å². The van der Waals surface area contributed by atoms with Crippen LogP contribution in [0.15, 0.2) is 0 Å². The van der Waals surface area contributed by atoms with Crippen LogP contribution in [0.4, 0.5) is 4.39 Å². The standard InChI is InChI=1S/C12H17FO7/c1-5-9(18-6(2)14)10(19-7(3)15)11(12(13)17-5)20-8(4)16/h5,9-12H,1-4H3/t5-,9-,10+,11+,12+/m0/s1. The lowest BCUT2D eigenvalue weighted by molar-refractivity contribution is -0.268. The van der Waals surface area contributed by atoms with Crippen LogP contribution in [-0.2, 0) is 33.3 Å². The summed E-state index contributed by atoms with van der Waals surface area (Å²) in [4.78, 5) is 33.2. The third-order valence-electron chi connectivity index (χ3n) is 2.62. The summed E-state index contributed by atoms with van der Waals surface area (Å²) in [5.41, 5.74) is 0. The molecular weight excluding hydrogens is 275 g/mol. The molecule has 0 aromatic carbocycles. The smallest absolute Gasteiger partial charge is 0.303 e. The molecular formula is C12H17FO7. The molecule has 1 rings (SSSR count). The Balaban J connectivity index is 3.01. The zero-order valence-electron chi connectivity index (χ0n) is 11.6. The first-order valence-corrected chi connectivity index (χ1v) is 6.03. The van der Waals surface area contributed by atoms with E-state index in [9.17, 15) is 18.8 Å². The Morgan fingerprint density at radius 2 is 1.25 bits per heavy atom. The molecule has 1 heterocycles. The van der Waals surface area contributed by atoms with E-state index in [-0.39, 0.29) is 0 Å². The molecule has 0 aromatic rings. The molecule has 0 radical (unpaired) electrons. The van der Waals surface area contributed by atoms with Gasteiger partial charge in [-0.3, -0.25) is 14.4 Å². The van der Waals surface area contributed by atoms with Crippen molar-refractivity contribution in [3.05, 3.63) is 0 Å². The van der Waals surface area contributed by atoms with Gasteiger partial charge >= 0.3 is 17.9 Å². The van der Waals surface area contributed by atoms with Gasteiger partial charge in [-0.2, -0.15) is 0 Å². The second kappa shape index (κ2) is 6.65. The molecule has 1 aliphatic rings. The van der Waals surface area contributed by atoms with Crippen molar-refractivity contribution in [2.24, 2.45) is 0 Å². The highest BCUT2D eigenvalue weighted by Gasteiger charge is 2.50. The monoisotopic (exact) mass is 292 g/mol. The number of halogens is 1. The van der Waals surface area contributed by atoms with Gasteiger partial charge in [-0.05, 0) is 6.92 Å². The van der Waals surface area contributed by atoms with Crippen LogP contribution in [0.3, 0.4) is 0 Å². The van der Waals surface area contributed by atoms with Gasteiger partial charge in [-0.25, -0.2) is 4.39 Å². The van der Waals surface area contributed by atoms with Gasteiger partial charge in [0.2, 0.25) is 6.36 Å². The lowest BCUT2D eigenvalue weighted by Crippen LogP contribution is -2.59. The number of rotatable bonds is 3. The number of esters is 3. The molecule has 114 valence electrons. The van der Waals surface area contributed by atoms with E-state index < -0.39 is 48.7 Å². The van der Waals surface area contributed by atoms with Crippen LogP contribution >= 0.6 is 0 Å². The van der Waals surface area contributed by atoms with Crippen molar-refractivity contribution in [1.29, 1.82) is 0 Å². The van der Waals surface area contributed by atoms with Crippen LogP contribution in [0, 0.1) is 0 Å². The van der Waals surface area contributed by atoms with Crippen LogP contribution in [0.1, 0.15) is 27.7 Å². The molecule has 5 atom stereocenters. The van der Waals surface area contributed by atoms with Gasteiger partial charge in [0.15, 0.2) is 18.3 Å². The number of carbonyl (C=O) groups is 3. The molecule has 1 aliphatic heterocycles. The lowest BCUT2D eigenvalue weighted by atomic mass is 9.99. The molecule has 0 spiro atoms. The van der Waals surface area contributed by atoms with Gasteiger partial charge in [0.1, 0.15) is 0 Å². The Morgan fingerprint density at radius 3 is 1.70 bits per heavy atom. The highest BCUT2D eigenvalue weighted by atomic mass is 19.1. The largest absolute Gasteiger partial charge is 0.456 e. The first kappa shape index (κ1) is 16.4. The van der Waals surface area contributed by atoms with Gasteiger partial charge in [0, 0.05) is 20.8 Å². The molecule has 0 aliphatic carbocycles. The minimum Gasteiger partial charge on any atom is -0.456 e. The maximum absolute atomic E-state index is 13.8. The molecule has 0 unspecified atom stereocenters. The van der Waals surface area contributed by atoms with E-state index in [1.165, 1.54) is 6.92 Å². The molecule has 8 heteroatoms.